The zero-order valence-electron chi connectivity index (χ0n) is 15.9. The molecule has 0 fully saturated rings. The second-order valence-electron chi connectivity index (χ2n) is 6.71. The Balaban J connectivity index is 1.50. The van der Waals surface area contributed by atoms with E-state index in [1.165, 1.54) is 5.56 Å². The van der Waals surface area contributed by atoms with E-state index >= 15 is 0 Å². The van der Waals surface area contributed by atoms with Crippen LogP contribution in [0.5, 0.6) is 0 Å². The molecule has 0 spiro atoms. The van der Waals surface area contributed by atoms with Gasteiger partial charge in [-0.3, -0.25) is 9.97 Å². The lowest BCUT2D eigenvalue weighted by atomic mass is 10.2. The van der Waals surface area contributed by atoms with Gasteiger partial charge in [-0.2, -0.15) is 0 Å². The molecular weight excluding hydrogens is 346 g/mol. The largest absolute Gasteiger partial charge is 0.381 e. The Hall–Kier alpha value is -3.47. The molecule has 0 aliphatic heterocycles. The summed E-state index contributed by atoms with van der Waals surface area (Å²) in [6.07, 6.45) is 5.50. The van der Waals surface area contributed by atoms with E-state index in [0.29, 0.717) is 0 Å². The molecule has 4 aromatic rings. The first kappa shape index (κ1) is 17.9. The van der Waals surface area contributed by atoms with Crippen LogP contribution in [0, 0.1) is 6.92 Å². The van der Waals surface area contributed by atoms with Crippen LogP contribution < -0.4 is 10.2 Å². The van der Waals surface area contributed by atoms with E-state index in [9.17, 15) is 0 Å². The monoisotopic (exact) mass is 369 g/mol. The molecule has 0 aliphatic rings. The van der Waals surface area contributed by atoms with Gasteiger partial charge in [0.05, 0.1) is 11.2 Å². The SMILES string of the molecule is Cc1ccnc2c(NCCN(Cc3ccccc3)c3ccccn3)ccnc12. The van der Waals surface area contributed by atoms with Crippen LogP contribution in [0.4, 0.5) is 11.5 Å². The molecule has 0 amide bonds. The van der Waals surface area contributed by atoms with Crippen molar-refractivity contribution in [1.29, 1.82) is 0 Å². The summed E-state index contributed by atoms with van der Waals surface area (Å²) >= 11 is 0. The van der Waals surface area contributed by atoms with E-state index in [-0.39, 0.29) is 0 Å². The van der Waals surface area contributed by atoms with Gasteiger partial charge in [-0.1, -0.05) is 36.4 Å². The number of fused-ring (bicyclic) bond motifs is 1. The van der Waals surface area contributed by atoms with E-state index in [1.54, 1.807) is 0 Å². The highest BCUT2D eigenvalue weighted by molar-refractivity contribution is 5.89. The third-order valence-electron chi connectivity index (χ3n) is 4.71. The first-order valence-corrected chi connectivity index (χ1v) is 9.45. The minimum atomic E-state index is 0.776. The highest BCUT2D eigenvalue weighted by Gasteiger charge is 2.10. The number of nitrogens with zero attached hydrogens (tertiary/aromatic N) is 4. The minimum Gasteiger partial charge on any atom is -0.381 e. The average Bonchev–Trinajstić information content (AvgIpc) is 2.75. The smallest absolute Gasteiger partial charge is 0.128 e. The maximum Gasteiger partial charge on any atom is 0.128 e. The van der Waals surface area contributed by atoms with Crippen LogP contribution in [0.2, 0.25) is 0 Å². The van der Waals surface area contributed by atoms with Gasteiger partial charge in [0, 0.05) is 38.2 Å². The van der Waals surface area contributed by atoms with Crippen molar-refractivity contribution >= 4 is 22.5 Å². The van der Waals surface area contributed by atoms with Crippen LogP contribution in [0.15, 0.2) is 79.3 Å². The fourth-order valence-electron chi connectivity index (χ4n) is 3.26. The van der Waals surface area contributed by atoms with Crippen LogP contribution in [-0.4, -0.2) is 28.0 Å². The first-order valence-electron chi connectivity index (χ1n) is 9.45. The fourth-order valence-corrected chi connectivity index (χ4v) is 3.26. The number of aromatic nitrogens is 3. The lowest BCUT2D eigenvalue weighted by Gasteiger charge is -2.24. The molecule has 0 saturated carbocycles. The molecule has 5 heteroatoms. The molecule has 5 nitrogen and oxygen atoms in total. The summed E-state index contributed by atoms with van der Waals surface area (Å²) in [5.41, 5.74) is 5.26. The van der Waals surface area contributed by atoms with Crippen LogP contribution >= 0.6 is 0 Å². The molecule has 1 N–H and O–H groups in total. The summed E-state index contributed by atoms with van der Waals surface area (Å²) in [6, 6.07) is 20.5. The molecule has 3 heterocycles. The molecule has 0 bridgehead atoms. The molecule has 0 saturated heterocycles. The molecule has 0 radical (unpaired) electrons. The summed E-state index contributed by atoms with van der Waals surface area (Å²) < 4.78 is 0. The van der Waals surface area contributed by atoms with Crippen molar-refractivity contribution in [2.24, 2.45) is 0 Å². The van der Waals surface area contributed by atoms with Gasteiger partial charge in [0.1, 0.15) is 11.3 Å². The Labute approximate surface area is 165 Å². The molecule has 0 atom stereocenters. The Bertz CT molecular complexity index is 1030. The zero-order chi connectivity index (χ0) is 19.2. The van der Waals surface area contributed by atoms with Crippen LogP contribution in [0.25, 0.3) is 11.0 Å². The summed E-state index contributed by atoms with van der Waals surface area (Å²) in [4.78, 5) is 15.8. The van der Waals surface area contributed by atoms with Gasteiger partial charge in [-0.05, 0) is 42.3 Å². The number of aryl methyl sites for hydroxylation is 1. The highest BCUT2D eigenvalue weighted by atomic mass is 15.2. The maximum atomic E-state index is 4.54. The van der Waals surface area contributed by atoms with Gasteiger partial charge < -0.3 is 10.2 Å². The van der Waals surface area contributed by atoms with Gasteiger partial charge in [0.25, 0.3) is 0 Å². The molecule has 3 aromatic heterocycles. The maximum absolute atomic E-state index is 4.54. The normalized spacial score (nSPS) is 10.8. The zero-order valence-corrected chi connectivity index (χ0v) is 15.9. The lowest BCUT2D eigenvalue weighted by molar-refractivity contribution is 0.790. The van der Waals surface area contributed by atoms with Gasteiger partial charge >= 0.3 is 0 Å². The molecule has 1 aromatic carbocycles. The van der Waals surface area contributed by atoms with Crippen molar-refractivity contribution in [3.8, 4) is 0 Å². The van der Waals surface area contributed by atoms with E-state index in [1.807, 2.05) is 48.9 Å². The Morgan fingerprint density at radius 3 is 2.39 bits per heavy atom. The minimum absolute atomic E-state index is 0.776. The van der Waals surface area contributed by atoms with E-state index < -0.39 is 0 Å². The number of rotatable bonds is 7. The summed E-state index contributed by atoms with van der Waals surface area (Å²) in [5.74, 6) is 0.974. The predicted octanol–water partition coefficient (Wildman–Crippen LogP) is 4.45. The third kappa shape index (κ3) is 4.09. The Morgan fingerprint density at radius 2 is 1.57 bits per heavy atom. The number of hydrogen-bond donors (Lipinski definition) is 1. The van der Waals surface area contributed by atoms with Crippen LogP contribution in [-0.2, 0) is 6.54 Å². The number of pyridine rings is 3. The molecule has 28 heavy (non-hydrogen) atoms. The van der Waals surface area contributed by atoms with Crippen molar-refractivity contribution in [1.82, 2.24) is 15.0 Å². The number of hydrogen-bond acceptors (Lipinski definition) is 5. The third-order valence-corrected chi connectivity index (χ3v) is 4.71. The van der Waals surface area contributed by atoms with Gasteiger partial charge in [0.15, 0.2) is 0 Å². The van der Waals surface area contributed by atoms with Crippen molar-refractivity contribution in [2.75, 3.05) is 23.3 Å². The average molecular weight is 369 g/mol. The van der Waals surface area contributed by atoms with Crippen molar-refractivity contribution < 1.29 is 0 Å². The second-order valence-corrected chi connectivity index (χ2v) is 6.71. The Kier molecular flexibility index (Phi) is 5.43. The fraction of sp³-hybridized carbons (Fsp3) is 0.174. The second kappa shape index (κ2) is 8.48. The standard InChI is InChI=1S/C23H23N5/c1-18-10-13-27-23-20(11-14-26-22(18)23)24-15-16-28(21-9-5-6-12-25-21)17-19-7-3-2-4-8-19/h2-14H,15-17H2,1H3,(H,24,26). The van der Waals surface area contributed by atoms with Crippen LogP contribution in [0.1, 0.15) is 11.1 Å². The Morgan fingerprint density at radius 1 is 0.786 bits per heavy atom. The van der Waals surface area contributed by atoms with E-state index in [0.717, 1.165) is 47.7 Å². The first-order chi connectivity index (χ1) is 13.8. The number of anilines is 2. The van der Waals surface area contributed by atoms with Crippen LogP contribution in [0.3, 0.4) is 0 Å². The molecular formula is C23H23N5. The van der Waals surface area contributed by atoms with Crippen molar-refractivity contribution in [2.45, 2.75) is 13.5 Å². The predicted molar refractivity (Wildman–Crippen MR) is 114 cm³/mol. The lowest BCUT2D eigenvalue weighted by Crippen LogP contribution is -2.29. The molecule has 140 valence electrons. The number of nitrogens with one attached hydrogen (secondary N) is 1. The molecule has 4 rings (SSSR count). The molecule has 0 aliphatic carbocycles. The van der Waals surface area contributed by atoms with E-state index in [2.05, 4.69) is 62.4 Å². The van der Waals surface area contributed by atoms with Crippen molar-refractivity contribution in [3.63, 3.8) is 0 Å². The van der Waals surface area contributed by atoms with Gasteiger partial charge in [-0.25, -0.2) is 4.98 Å². The summed E-state index contributed by atoms with van der Waals surface area (Å²) in [5, 5.41) is 3.53. The van der Waals surface area contributed by atoms with E-state index in [4.69, 9.17) is 0 Å². The molecule has 0 unspecified atom stereocenters. The summed E-state index contributed by atoms with van der Waals surface area (Å²) in [7, 11) is 0. The van der Waals surface area contributed by atoms with Crippen molar-refractivity contribution in [3.05, 3.63) is 90.4 Å². The quantitative estimate of drug-likeness (QED) is 0.521. The van der Waals surface area contributed by atoms with Gasteiger partial charge in [0.2, 0.25) is 0 Å². The number of benzene rings is 1. The highest BCUT2D eigenvalue weighted by Crippen LogP contribution is 2.21. The summed E-state index contributed by atoms with van der Waals surface area (Å²) in [6.45, 7) is 4.47. The van der Waals surface area contributed by atoms with Gasteiger partial charge in [-0.15, -0.1) is 0 Å². The topological polar surface area (TPSA) is 53.9 Å².